The molecule has 1 aliphatic heterocycles. The molecule has 112 valence electrons. The van der Waals surface area contributed by atoms with Crippen molar-refractivity contribution in [3.8, 4) is 0 Å². The Morgan fingerprint density at radius 2 is 2.10 bits per heavy atom. The molecule has 0 aromatic heterocycles. The van der Waals surface area contributed by atoms with E-state index in [4.69, 9.17) is 10.5 Å². The number of carbonyl (C=O) groups is 2. The van der Waals surface area contributed by atoms with Gasteiger partial charge >= 0.3 is 0 Å². The molecule has 1 atom stereocenters. The normalized spacial score (nSPS) is 23.9. The highest BCUT2D eigenvalue weighted by atomic mass is 16.5. The summed E-state index contributed by atoms with van der Waals surface area (Å²) in [4.78, 5) is 27.4. The summed E-state index contributed by atoms with van der Waals surface area (Å²) in [7, 11) is 2.02. The monoisotopic (exact) mass is 281 g/mol. The summed E-state index contributed by atoms with van der Waals surface area (Å²) >= 11 is 0. The maximum atomic E-state index is 12.4. The van der Waals surface area contributed by atoms with E-state index in [-0.39, 0.29) is 24.5 Å². The highest BCUT2D eigenvalue weighted by molar-refractivity contribution is 5.85. The summed E-state index contributed by atoms with van der Waals surface area (Å²) in [6.45, 7) is 2.73. The first-order chi connectivity index (χ1) is 9.56. The SMILES string of the molecule is CN1CCO[C@@H](CN(CC(N)=O)C(=O)C2CC=CC2)C1. The van der Waals surface area contributed by atoms with Crippen LogP contribution in [-0.4, -0.2) is 67.6 Å². The van der Waals surface area contributed by atoms with Gasteiger partial charge < -0.3 is 20.3 Å². The number of carbonyl (C=O) groups excluding carboxylic acids is 2. The average molecular weight is 281 g/mol. The molecule has 0 aromatic carbocycles. The lowest BCUT2D eigenvalue weighted by molar-refractivity contribution is -0.141. The molecule has 6 nitrogen and oxygen atoms in total. The number of nitrogens with two attached hydrogens (primary N) is 1. The largest absolute Gasteiger partial charge is 0.374 e. The molecule has 0 unspecified atom stereocenters. The Bertz CT molecular complexity index is 389. The number of ether oxygens (including phenoxy) is 1. The fraction of sp³-hybridized carbons (Fsp3) is 0.714. The minimum Gasteiger partial charge on any atom is -0.374 e. The first-order valence-electron chi connectivity index (χ1n) is 7.08. The molecular weight excluding hydrogens is 258 g/mol. The van der Waals surface area contributed by atoms with Gasteiger partial charge in [0.1, 0.15) is 0 Å². The second kappa shape index (κ2) is 6.85. The molecule has 2 rings (SSSR count). The predicted molar refractivity (Wildman–Crippen MR) is 74.9 cm³/mol. The predicted octanol–water partition coefficient (Wildman–Crippen LogP) is -0.403. The quantitative estimate of drug-likeness (QED) is 0.696. The fourth-order valence-corrected chi connectivity index (χ4v) is 2.72. The number of allylic oxidation sites excluding steroid dienone is 2. The van der Waals surface area contributed by atoms with Gasteiger partial charge in [0, 0.05) is 25.6 Å². The van der Waals surface area contributed by atoms with E-state index in [0.717, 1.165) is 25.9 Å². The van der Waals surface area contributed by atoms with E-state index in [0.29, 0.717) is 13.2 Å². The molecule has 6 heteroatoms. The van der Waals surface area contributed by atoms with E-state index in [1.54, 1.807) is 4.90 Å². The van der Waals surface area contributed by atoms with Crippen LogP contribution in [0.25, 0.3) is 0 Å². The van der Waals surface area contributed by atoms with E-state index < -0.39 is 5.91 Å². The van der Waals surface area contributed by atoms with Crippen LogP contribution in [0.1, 0.15) is 12.8 Å². The molecule has 2 N–H and O–H groups in total. The molecule has 2 amide bonds. The minimum atomic E-state index is -0.478. The van der Waals surface area contributed by atoms with Crippen molar-refractivity contribution in [1.82, 2.24) is 9.80 Å². The fourth-order valence-electron chi connectivity index (χ4n) is 2.72. The molecule has 1 fully saturated rings. The third-order valence-corrected chi connectivity index (χ3v) is 3.78. The molecule has 0 aromatic rings. The number of hydrogen-bond donors (Lipinski definition) is 1. The molecule has 2 aliphatic rings. The highest BCUT2D eigenvalue weighted by Crippen LogP contribution is 2.21. The Morgan fingerprint density at radius 1 is 1.40 bits per heavy atom. The lowest BCUT2D eigenvalue weighted by Crippen LogP contribution is -2.50. The summed E-state index contributed by atoms with van der Waals surface area (Å²) in [5, 5.41) is 0. The summed E-state index contributed by atoms with van der Waals surface area (Å²) in [6, 6.07) is 0. The van der Waals surface area contributed by atoms with Gasteiger partial charge in [-0.1, -0.05) is 12.2 Å². The zero-order valence-electron chi connectivity index (χ0n) is 12.0. The Balaban J connectivity index is 1.95. The van der Waals surface area contributed by atoms with E-state index in [1.807, 2.05) is 19.2 Å². The van der Waals surface area contributed by atoms with Crippen LogP contribution in [-0.2, 0) is 14.3 Å². The lowest BCUT2D eigenvalue weighted by atomic mass is 10.1. The molecule has 0 radical (unpaired) electrons. The van der Waals surface area contributed by atoms with Crippen LogP contribution in [0.5, 0.6) is 0 Å². The summed E-state index contributed by atoms with van der Waals surface area (Å²) in [5.41, 5.74) is 5.26. The Hall–Kier alpha value is -1.40. The number of hydrogen-bond acceptors (Lipinski definition) is 4. The van der Waals surface area contributed by atoms with Crippen molar-refractivity contribution >= 4 is 11.8 Å². The van der Waals surface area contributed by atoms with E-state index in [2.05, 4.69) is 4.90 Å². The first-order valence-corrected chi connectivity index (χ1v) is 7.08. The van der Waals surface area contributed by atoms with Gasteiger partial charge in [0.2, 0.25) is 11.8 Å². The van der Waals surface area contributed by atoms with Gasteiger partial charge in [-0.2, -0.15) is 0 Å². The zero-order chi connectivity index (χ0) is 14.5. The molecule has 0 spiro atoms. The van der Waals surface area contributed by atoms with Gasteiger partial charge in [0.25, 0.3) is 0 Å². The second-order valence-corrected chi connectivity index (χ2v) is 5.58. The molecule has 0 bridgehead atoms. The number of likely N-dealkylation sites (N-methyl/N-ethyl adjacent to an activating group) is 1. The number of amides is 2. The van der Waals surface area contributed by atoms with Crippen molar-refractivity contribution in [3.63, 3.8) is 0 Å². The van der Waals surface area contributed by atoms with Crippen molar-refractivity contribution in [2.24, 2.45) is 11.7 Å². The van der Waals surface area contributed by atoms with E-state index in [1.165, 1.54) is 0 Å². The van der Waals surface area contributed by atoms with Gasteiger partial charge in [-0.05, 0) is 19.9 Å². The second-order valence-electron chi connectivity index (χ2n) is 5.58. The van der Waals surface area contributed by atoms with Crippen molar-refractivity contribution < 1.29 is 14.3 Å². The van der Waals surface area contributed by atoms with E-state index in [9.17, 15) is 9.59 Å². The molecule has 1 aliphatic carbocycles. The van der Waals surface area contributed by atoms with Crippen molar-refractivity contribution in [1.29, 1.82) is 0 Å². The van der Waals surface area contributed by atoms with Gasteiger partial charge in [0.05, 0.1) is 19.3 Å². The first kappa shape index (κ1) is 15.0. The maximum Gasteiger partial charge on any atom is 0.237 e. The zero-order valence-corrected chi connectivity index (χ0v) is 12.0. The smallest absolute Gasteiger partial charge is 0.237 e. The van der Waals surface area contributed by atoms with Crippen LogP contribution >= 0.6 is 0 Å². The number of primary amides is 1. The number of nitrogens with zero attached hydrogens (tertiary/aromatic N) is 2. The van der Waals surface area contributed by atoms with E-state index >= 15 is 0 Å². The van der Waals surface area contributed by atoms with Crippen LogP contribution in [0.3, 0.4) is 0 Å². The third-order valence-electron chi connectivity index (χ3n) is 3.78. The van der Waals surface area contributed by atoms with Gasteiger partial charge in [-0.25, -0.2) is 0 Å². The standard InChI is InChI=1S/C14H23N3O3/c1-16-6-7-20-12(8-16)9-17(10-13(15)18)14(19)11-4-2-3-5-11/h2-3,11-12H,4-10H2,1H3,(H2,15,18)/t12-/m1/s1. The molecule has 1 heterocycles. The topological polar surface area (TPSA) is 75.9 Å². The Kier molecular flexibility index (Phi) is 5.14. The van der Waals surface area contributed by atoms with Crippen LogP contribution in [0.2, 0.25) is 0 Å². The molecule has 20 heavy (non-hydrogen) atoms. The molecular formula is C14H23N3O3. The highest BCUT2D eigenvalue weighted by Gasteiger charge is 2.29. The lowest BCUT2D eigenvalue weighted by Gasteiger charge is -2.34. The molecule has 0 saturated carbocycles. The van der Waals surface area contributed by atoms with Crippen molar-refractivity contribution in [2.45, 2.75) is 18.9 Å². The van der Waals surface area contributed by atoms with Crippen LogP contribution in [0, 0.1) is 5.92 Å². The number of morpholine rings is 1. The van der Waals surface area contributed by atoms with Gasteiger partial charge in [-0.3, -0.25) is 9.59 Å². The molecule has 1 saturated heterocycles. The maximum absolute atomic E-state index is 12.4. The van der Waals surface area contributed by atoms with Gasteiger partial charge in [-0.15, -0.1) is 0 Å². The van der Waals surface area contributed by atoms with Crippen LogP contribution in [0.4, 0.5) is 0 Å². The Morgan fingerprint density at radius 3 is 2.70 bits per heavy atom. The average Bonchev–Trinajstić information content (AvgIpc) is 2.90. The van der Waals surface area contributed by atoms with Crippen LogP contribution < -0.4 is 5.73 Å². The summed E-state index contributed by atoms with van der Waals surface area (Å²) in [6.07, 6.45) is 5.47. The van der Waals surface area contributed by atoms with Crippen LogP contribution in [0.15, 0.2) is 12.2 Å². The summed E-state index contributed by atoms with van der Waals surface area (Å²) < 4.78 is 5.67. The Labute approximate surface area is 119 Å². The number of rotatable bonds is 5. The summed E-state index contributed by atoms with van der Waals surface area (Å²) in [5.74, 6) is -0.519. The third kappa shape index (κ3) is 4.05. The van der Waals surface area contributed by atoms with Crippen molar-refractivity contribution in [2.75, 3.05) is 39.8 Å². The van der Waals surface area contributed by atoms with Gasteiger partial charge in [0.15, 0.2) is 0 Å². The minimum absolute atomic E-state index is 0.00521. The van der Waals surface area contributed by atoms with Crippen molar-refractivity contribution in [3.05, 3.63) is 12.2 Å².